The van der Waals surface area contributed by atoms with Crippen molar-refractivity contribution in [2.45, 2.75) is 25.4 Å². The normalized spacial score (nSPS) is 14.0. The molecule has 1 fully saturated rings. The first-order valence-electron chi connectivity index (χ1n) is 9.40. The molecule has 148 valence electrons. The van der Waals surface area contributed by atoms with Crippen LogP contribution in [0.1, 0.15) is 41.3 Å². The molecule has 1 heterocycles. The maximum absolute atomic E-state index is 12.9. The lowest BCUT2D eigenvalue weighted by Crippen LogP contribution is -2.34. The summed E-state index contributed by atoms with van der Waals surface area (Å²) in [6, 6.07) is 16.8. The molecular formula is C22H21N3O4. The monoisotopic (exact) mass is 391 g/mol. The highest BCUT2D eigenvalue weighted by Crippen LogP contribution is 2.24. The third kappa shape index (κ3) is 5.20. The summed E-state index contributed by atoms with van der Waals surface area (Å²) in [6.07, 6.45) is 0.637. The molecule has 2 aromatic rings. The predicted octanol–water partition coefficient (Wildman–Crippen LogP) is 3.06. The fourth-order valence-corrected chi connectivity index (χ4v) is 3.13. The minimum Gasteiger partial charge on any atom is -0.444 e. The van der Waals surface area contributed by atoms with Gasteiger partial charge in [0.25, 0.3) is 5.91 Å². The van der Waals surface area contributed by atoms with Crippen molar-refractivity contribution in [3.63, 3.8) is 0 Å². The van der Waals surface area contributed by atoms with Gasteiger partial charge in [-0.15, -0.1) is 0 Å². The minimum atomic E-state index is -1.00. The van der Waals surface area contributed by atoms with Gasteiger partial charge >= 0.3 is 5.97 Å². The summed E-state index contributed by atoms with van der Waals surface area (Å²) in [7, 11) is 0. The number of anilines is 1. The molecule has 0 saturated carbocycles. The highest BCUT2D eigenvalue weighted by Gasteiger charge is 2.31. The number of carbonyl (C=O) groups is 3. The molecule has 2 aromatic carbocycles. The van der Waals surface area contributed by atoms with Gasteiger partial charge in [-0.05, 0) is 37.1 Å². The number of benzene rings is 2. The second-order valence-electron chi connectivity index (χ2n) is 6.69. The Balaban J connectivity index is 1.73. The molecule has 1 atom stereocenters. The average molecular weight is 391 g/mol. The van der Waals surface area contributed by atoms with Crippen LogP contribution < -0.4 is 5.32 Å². The predicted molar refractivity (Wildman–Crippen MR) is 106 cm³/mol. The molecule has 7 nitrogen and oxygen atoms in total. The highest BCUT2D eigenvalue weighted by molar-refractivity contribution is 5.95. The summed E-state index contributed by atoms with van der Waals surface area (Å²) >= 11 is 0. The zero-order valence-electron chi connectivity index (χ0n) is 15.8. The van der Waals surface area contributed by atoms with Crippen LogP contribution >= 0.6 is 0 Å². The van der Waals surface area contributed by atoms with E-state index in [0.29, 0.717) is 24.3 Å². The quantitative estimate of drug-likeness (QED) is 0.763. The summed E-state index contributed by atoms with van der Waals surface area (Å²) in [5.74, 6) is -1.27. The molecule has 0 radical (unpaired) electrons. The van der Waals surface area contributed by atoms with Crippen molar-refractivity contribution < 1.29 is 19.1 Å². The minimum absolute atomic E-state index is 0.220. The number of likely N-dealkylation sites (tertiary alicyclic amines) is 1. The number of hydrogen-bond acceptors (Lipinski definition) is 5. The number of esters is 1. The third-order valence-electron chi connectivity index (χ3n) is 4.61. The lowest BCUT2D eigenvalue weighted by atomic mass is 10.1. The smallest absolute Gasteiger partial charge is 0.339 e. The first kappa shape index (κ1) is 20.1. The summed E-state index contributed by atoms with van der Waals surface area (Å²) < 4.78 is 5.60. The maximum Gasteiger partial charge on any atom is 0.339 e. The Kier molecular flexibility index (Phi) is 6.59. The standard InChI is InChI=1S/C22H21N3O4/c23-13-12-19(26)24-18-10-8-17(9-11-18)22(28)29-20(16-6-2-1-3-7-16)21(27)25-14-4-5-15-25/h1-3,6-11,20H,4-5,12,14-15H2,(H,24,26)/t20-/m0/s1. The van der Waals surface area contributed by atoms with Crippen LogP contribution in [0.25, 0.3) is 0 Å². The van der Waals surface area contributed by atoms with Crippen LogP contribution in [0.4, 0.5) is 5.69 Å². The van der Waals surface area contributed by atoms with E-state index in [1.165, 1.54) is 12.1 Å². The van der Waals surface area contributed by atoms with E-state index in [2.05, 4.69) is 5.32 Å². The Bertz CT molecular complexity index is 913. The van der Waals surface area contributed by atoms with E-state index in [4.69, 9.17) is 10.00 Å². The number of nitrogens with zero attached hydrogens (tertiary/aromatic N) is 2. The van der Waals surface area contributed by atoms with Crippen molar-refractivity contribution in [3.8, 4) is 6.07 Å². The molecule has 1 saturated heterocycles. The summed E-state index contributed by atoms with van der Waals surface area (Å²) in [6.45, 7) is 1.33. The number of nitrogens with one attached hydrogen (secondary N) is 1. The molecule has 1 aliphatic heterocycles. The van der Waals surface area contributed by atoms with Crippen molar-refractivity contribution in [2.75, 3.05) is 18.4 Å². The average Bonchev–Trinajstić information content (AvgIpc) is 3.27. The van der Waals surface area contributed by atoms with Crippen LogP contribution in [0.3, 0.4) is 0 Å². The van der Waals surface area contributed by atoms with Crippen molar-refractivity contribution in [1.29, 1.82) is 5.26 Å². The second kappa shape index (κ2) is 9.51. The van der Waals surface area contributed by atoms with Crippen LogP contribution in [0.5, 0.6) is 0 Å². The second-order valence-corrected chi connectivity index (χ2v) is 6.69. The zero-order chi connectivity index (χ0) is 20.6. The molecule has 2 amide bonds. The van der Waals surface area contributed by atoms with E-state index in [1.54, 1.807) is 47.4 Å². The van der Waals surface area contributed by atoms with Gasteiger partial charge in [-0.1, -0.05) is 30.3 Å². The van der Waals surface area contributed by atoms with E-state index >= 15 is 0 Å². The topological polar surface area (TPSA) is 99.5 Å². The fourth-order valence-electron chi connectivity index (χ4n) is 3.13. The Morgan fingerprint density at radius 2 is 1.69 bits per heavy atom. The van der Waals surface area contributed by atoms with E-state index in [-0.39, 0.29) is 17.9 Å². The first-order valence-corrected chi connectivity index (χ1v) is 9.40. The summed E-state index contributed by atoms with van der Waals surface area (Å²) in [5.41, 5.74) is 1.35. The Morgan fingerprint density at radius 3 is 2.31 bits per heavy atom. The van der Waals surface area contributed by atoms with Gasteiger partial charge in [-0.2, -0.15) is 5.26 Å². The lowest BCUT2D eigenvalue weighted by Gasteiger charge is -2.23. The Labute approximate surface area is 168 Å². The lowest BCUT2D eigenvalue weighted by molar-refractivity contribution is -0.140. The zero-order valence-corrected chi connectivity index (χ0v) is 15.8. The molecule has 29 heavy (non-hydrogen) atoms. The van der Waals surface area contributed by atoms with Crippen LogP contribution in [0.15, 0.2) is 54.6 Å². The van der Waals surface area contributed by atoms with Gasteiger partial charge in [0.2, 0.25) is 12.0 Å². The third-order valence-corrected chi connectivity index (χ3v) is 4.61. The Hall–Kier alpha value is -3.66. The van der Waals surface area contributed by atoms with Crippen LogP contribution in [-0.2, 0) is 14.3 Å². The van der Waals surface area contributed by atoms with Gasteiger partial charge in [0.05, 0.1) is 11.6 Å². The van der Waals surface area contributed by atoms with Gasteiger partial charge < -0.3 is 15.0 Å². The molecule has 0 aliphatic carbocycles. The van der Waals surface area contributed by atoms with Crippen LogP contribution in [-0.4, -0.2) is 35.8 Å². The number of nitriles is 1. The number of rotatable bonds is 6. The van der Waals surface area contributed by atoms with Gasteiger partial charge in [0.1, 0.15) is 6.42 Å². The summed E-state index contributed by atoms with van der Waals surface area (Å²) in [4.78, 5) is 38.8. The van der Waals surface area contributed by atoms with Gasteiger partial charge in [0.15, 0.2) is 0 Å². The molecule has 7 heteroatoms. The molecule has 1 aliphatic rings. The molecule has 1 N–H and O–H groups in total. The van der Waals surface area contributed by atoms with E-state index < -0.39 is 18.0 Å². The molecule has 0 bridgehead atoms. The number of hydrogen-bond donors (Lipinski definition) is 1. The van der Waals surface area contributed by atoms with Gasteiger partial charge in [-0.25, -0.2) is 4.79 Å². The first-order chi connectivity index (χ1) is 14.1. The van der Waals surface area contributed by atoms with Crippen molar-refractivity contribution in [3.05, 3.63) is 65.7 Å². The SMILES string of the molecule is N#CCC(=O)Nc1ccc(C(=O)O[C@H](C(=O)N2CCCC2)c2ccccc2)cc1. The maximum atomic E-state index is 12.9. The highest BCUT2D eigenvalue weighted by atomic mass is 16.5. The van der Waals surface area contributed by atoms with Crippen molar-refractivity contribution >= 4 is 23.5 Å². The molecule has 0 aromatic heterocycles. The van der Waals surface area contributed by atoms with Crippen LogP contribution in [0.2, 0.25) is 0 Å². The van der Waals surface area contributed by atoms with E-state index in [0.717, 1.165) is 12.8 Å². The van der Waals surface area contributed by atoms with Crippen molar-refractivity contribution in [2.24, 2.45) is 0 Å². The van der Waals surface area contributed by atoms with Crippen LogP contribution in [0, 0.1) is 11.3 Å². The van der Waals surface area contributed by atoms with Gasteiger partial charge in [-0.3, -0.25) is 9.59 Å². The number of ether oxygens (including phenoxy) is 1. The van der Waals surface area contributed by atoms with E-state index in [9.17, 15) is 14.4 Å². The number of carbonyl (C=O) groups excluding carboxylic acids is 3. The fraction of sp³-hybridized carbons (Fsp3) is 0.273. The molecule has 3 rings (SSSR count). The van der Waals surface area contributed by atoms with Gasteiger partial charge in [0, 0.05) is 24.3 Å². The molecule has 0 spiro atoms. The summed E-state index contributed by atoms with van der Waals surface area (Å²) in [5, 5.41) is 11.1. The van der Waals surface area contributed by atoms with Crippen molar-refractivity contribution in [1.82, 2.24) is 4.90 Å². The van der Waals surface area contributed by atoms with E-state index in [1.807, 2.05) is 6.07 Å². The Morgan fingerprint density at radius 1 is 1.03 bits per heavy atom. The largest absolute Gasteiger partial charge is 0.444 e. The molecule has 0 unspecified atom stereocenters. The number of amides is 2. The molecular weight excluding hydrogens is 370 g/mol.